The van der Waals surface area contributed by atoms with Gasteiger partial charge in [0, 0.05) is 6.54 Å². The SMILES string of the molecule is CC(=O)C1CNCc2nn[c]n21. The lowest BCUT2D eigenvalue weighted by Crippen LogP contribution is -2.36. The van der Waals surface area contributed by atoms with Crippen LogP contribution in [-0.2, 0) is 11.3 Å². The van der Waals surface area contributed by atoms with Crippen molar-refractivity contribution in [1.29, 1.82) is 0 Å². The molecule has 1 N–H and O–H groups in total. The van der Waals surface area contributed by atoms with Gasteiger partial charge in [-0.2, -0.15) is 0 Å². The molecule has 12 heavy (non-hydrogen) atoms. The third-order valence-electron chi connectivity index (χ3n) is 2.00. The van der Waals surface area contributed by atoms with E-state index in [1.807, 2.05) is 0 Å². The Morgan fingerprint density at radius 1 is 1.83 bits per heavy atom. The second-order valence-corrected chi connectivity index (χ2v) is 2.84. The van der Waals surface area contributed by atoms with Crippen LogP contribution in [0.25, 0.3) is 0 Å². The molecule has 0 aliphatic carbocycles. The van der Waals surface area contributed by atoms with Crippen molar-refractivity contribution in [1.82, 2.24) is 20.1 Å². The summed E-state index contributed by atoms with van der Waals surface area (Å²) in [6.07, 6.45) is 2.68. The first-order valence-corrected chi connectivity index (χ1v) is 3.81. The molecule has 0 fully saturated rings. The Morgan fingerprint density at radius 2 is 2.67 bits per heavy atom. The quantitative estimate of drug-likeness (QED) is 0.598. The number of nitrogens with zero attached hydrogens (tertiary/aromatic N) is 3. The number of nitrogens with one attached hydrogen (secondary N) is 1. The Balaban J connectivity index is 2.37. The van der Waals surface area contributed by atoms with Crippen LogP contribution in [0.2, 0.25) is 0 Å². The third-order valence-corrected chi connectivity index (χ3v) is 2.00. The second kappa shape index (κ2) is 2.67. The van der Waals surface area contributed by atoms with E-state index in [4.69, 9.17) is 0 Å². The predicted molar refractivity (Wildman–Crippen MR) is 40.3 cm³/mol. The summed E-state index contributed by atoms with van der Waals surface area (Å²) in [6, 6.07) is -0.177. The van der Waals surface area contributed by atoms with Crippen LogP contribution in [0.15, 0.2) is 0 Å². The normalized spacial score (nSPS) is 21.9. The highest BCUT2D eigenvalue weighted by molar-refractivity contribution is 5.80. The number of rotatable bonds is 1. The zero-order valence-corrected chi connectivity index (χ0v) is 6.74. The van der Waals surface area contributed by atoms with Crippen molar-refractivity contribution < 1.29 is 4.79 Å². The van der Waals surface area contributed by atoms with Crippen LogP contribution in [0.4, 0.5) is 0 Å². The molecule has 1 unspecified atom stereocenters. The lowest BCUT2D eigenvalue weighted by Gasteiger charge is -2.21. The standard InChI is InChI=1S/C7H9N4O/c1-5(12)6-2-8-3-7-10-9-4-11(6)7/h6,8H,2-3H2,1H3. The Kier molecular flexibility index (Phi) is 1.65. The first kappa shape index (κ1) is 7.42. The third kappa shape index (κ3) is 1.02. The van der Waals surface area contributed by atoms with Crippen LogP contribution in [0.5, 0.6) is 0 Å². The van der Waals surface area contributed by atoms with Crippen molar-refractivity contribution in [2.24, 2.45) is 0 Å². The van der Waals surface area contributed by atoms with Gasteiger partial charge in [0.2, 0.25) is 6.33 Å². The smallest absolute Gasteiger partial charge is 0.202 e. The fourth-order valence-electron chi connectivity index (χ4n) is 1.34. The van der Waals surface area contributed by atoms with Gasteiger partial charge in [-0.1, -0.05) is 0 Å². The van der Waals surface area contributed by atoms with Crippen LogP contribution in [0.3, 0.4) is 0 Å². The summed E-state index contributed by atoms with van der Waals surface area (Å²) in [4.78, 5) is 11.1. The molecular formula is C7H9N4O. The number of ketones is 1. The van der Waals surface area contributed by atoms with Crippen molar-refractivity contribution in [3.8, 4) is 0 Å². The van der Waals surface area contributed by atoms with Crippen LogP contribution in [0, 0.1) is 6.33 Å². The van der Waals surface area contributed by atoms with Gasteiger partial charge in [0.25, 0.3) is 0 Å². The van der Waals surface area contributed by atoms with E-state index in [0.29, 0.717) is 13.1 Å². The first-order chi connectivity index (χ1) is 5.79. The summed E-state index contributed by atoms with van der Waals surface area (Å²) >= 11 is 0. The molecule has 0 amide bonds. The van der Waals surface area contributed by atoms with Crippen LogP contribution in [0.1, 0.15) is 18.8 Å². The van der Waals surface area contributed by atoms with E-state index in [2.05, 4.69) is 21.8 Å². The zero-order chi connectivity index (χ0) is 8.55. The first-order valence-electron chi connectivity index (χ1n) is 3.81. The maximum Gasteiger partial charge on any atom is 0.202 e. The van der Waals surface area contributed by atoms with Crippen molar-refractivity contribution in [2.75, 3.05) is 6.54 Å². The number of Topliss-reactive ketones (excluding diaryl/α,β-unsaturated/α-hetero) is 1. The molecule has 1 aromatic rings. The molecule has 5 heteroatoms. The monoisotopic (exact) mass is 165 g/mol. The molecule has 0 spiro atoms. The minimum Gasteiger partial charge on any atom is -0.307 e. The van der Waals surface area contributed by atoms with Crippen molar-refractivity contribution in [3.05, 3.63) is 12.2 Å². The lowest BCUT2D eigenvalue weighted by molar-refractivity contribution is -0.120. The number of carbonyl (C=O) groups excluding carboxylic acids is 1. The molecule has 2 rings (SSSR count). The summed E-state index contributed by atoms with van der Waals surface area (Å²) in [5, 5.41) is 10.6. The molecule has 1 aromatic heterocycles. The number of hydrogen-bond acceptors (Lipinski definition) is 4. The molecule has 63 valence electrons. The number of hydrogen-bond donors (Lipinski definition) is 1. The summed E-state index contributed by atoms with van der Waals surface area (Å²) in [5.41, 5.74) is 0. The van der Waals surface area contributed by atoms with Gasteiger partial charge in [0.15, 0.2) is 5.78 Å². The molecule has 0 saturated carbocycles. The molecule has 0 aromatic carbocycles. The Morgan fingerprint density at radius 3 is 3.42 bits per heavy atom. The van der Waals surface area contributed by atoms with Crippen LogP contribution in [-0.4, -0.2) is 27.1 Å². The van der Waals surface area contributed by atoms with Gasteiger partial charge in [-0.25, -0.2) is 0 Å². The molecule has 1 aliphatic heterocycles. The van der Waals surface area contributed by atoms with Crippen LogP contribution >= 0.6 is 0 Å². The van der Waals surface area contributed by atoms with E-state index in [1.165, 1.54) is 0 Å². The summed E-state index contributed by atoms with van der Waals surface area (Å²) in [7, 11) is 0. The van der Waals surface area contributed by atoms with Crippen molar-refractivity contribution >= 4 is 5.78 Å². The average molecular weight is 165 g/mol. The van der Waals surface area contributed by atoms with Gasteiger partial charge in [-0.05, 0) is 6.92 Å². The van der Waals surface area contributed by atoms with E-state index < -0.39 is 0 Å². The highest BCUT2D eigenvalue weighted by atomic mass is 16.1. The number of fused-ring (bicyclic) bond motifs is 1. The summed E-state index contributed by atoms with van der Waals surface area (Å²) in [5.74, 6) is 0.890. The Labute approximate surface area is 69.8 Å². The van der Waals surface area contributed by atoms with E-state index in [-0.39, 0.29) is 11.8 Å². The largest absolute Gasteiger partial charge is 0.307 e. The predicted octanol–water partition coefficient (Wildman–Crippen LogP) is -0.688. The topological polar surface area (TPSA) is 59.8 Å². The van der Waals surface area contributed by atoms with E-state index in [9.17, 15) is 4.79 Å². The molecule has 0 bridgehead atoms. The highest BCUT2D eigenvalue weighted by Gasteiger charge is 2.23. The zero-order valence-electron chi connectivity index (χ0n) is 6.74. The van der Waals surface area contributed by atoms with Gasteiger partial charge < -0.3 is 5.32 Å². The maximum atomic E-state index is 11.1. The molecule has 1 aliphatic rings. The second-order valence-electron chi connectivity index (χ2n) is 2.84. The molecule has 0 saturated heterocycles. The van der Waals surface area contributed by atoms with Gasteiger partial charge in [0.1, 0.15) is 11.9 Å². The number of aromatic nitrogens is 3. The molecule has 2 heterocycles. The van der Waals surface area contributed by atoms with Crippen molar-refractivity contribution in [3.63, 3.8) is 0 Å². The average Bonchev–Trinajstić information content (AvgIpc) is 2.49. The molecule has 1 radical (unpaired) electrons. The minimum absolute atomic E-state index is 0.111. The van der Waals surface area contributed by atoms with Gasteiger partial charge in [-0.3, -0.25) is 9.36 Å². The van der Waals surface area contributed by atoms with Crippen LogP contribution < -0.4 is 5.32 Å². The molecule has 5 nitrogen and oxygen atoms in total. The van der Waals surface area contributed by atoms with Gasteiger partial charge >= 0.3 is 0 Å². The summed E-state index contributed by atoms with van der Waals surface area (Å²) < 4.78 is 1.71. The summed E-state index contributed by atoms with van der Waals surface area (Å²) in [6.45, 7) is 2.88. The fraction of sp³-hybridized carbons (Fsp3) is 0.571. The van der Waals surface area contributed by atoms with E-state index in [1.54, 1.807) is 11.5 Å². The molecular weight excluding hydrogens is 156 g/mol. The van der Waals surface area contributed by atoms with Gasteiger partial charge in [-0.15, -0.1) is 10.2 Å². The van der Waals surface area contributed by atoms with E-state index in [0.717, 1.165) is 5.82 Å². The number of carbonyl (C=O) groups is 1. The fourth-order valence-corrected chi connectivity index (χ4v) is 1.34. The highest BCUT2D eigenvalue weighted by Crippen LogP contribution is 2.12. The lowest BCUT2D eigenvalue weighted by atomic mass is 10.1. The van der Waals surface area contributed by atoms with Crippen molar-refractivity contribution in [2.45, 2.75) is 19.5 Å². The maximum absolute atomic E-state index is 11.1. The Bertz CT molecular complexity index is 306. The van der Waals surface area contributed by atoms with Gasteiger partial charge in [0.05, 0.1) is 6.54 Å². The minimum atomic E-state index is -0.177. The van der Waals surface area contributed by atoms with E-state index >= 15 is 0 Å². The molecule has 1 atom stereocenters. The Hall–Kier alpha value is -1.23.